The summed E-state index contributed by atoms with van der Waals surface area (Å²) >= 11 is 5.93. The number of Topliss-reactive ketones (excluding diaryl/α,β-unsaturated/α-hetero) is 1. The smallest absolute Gasteiger partial charge is 0.295 e. The van der Waals surface area contributed by atoms with Crippen molar-refractivity contribution in [3.05, 3.63) is 70.3 Å². The highest BCUT2D eigenvalue weighted by molar-refractivity contribution is 6.46. The van der Waals surface area contributed by atoms with E-state index in [2.05, 4.69) is 0 Å². The summed E-state index contributed by atoms with van der Waals surface area (Å²) in [4.78, 5) is 29.0. The van der Waals surface area contributed by atoms with Crippen LogP contribution in [0.3, 0.4) is 0 Å². The zero-order valence-corrected chi connectivity index (χ0v) is 16.9. The second-order valence-corrected chi connectivity index (χ2v) is 7.42. The van der Waals surface area contributed by atoms with E-state index in [-0.39, 0.29) is 11.3 Å². The summed E-state index contributed by atoms with van der Waals surface area (Å²) in [6, 6.07) is 13.6. The molecule has 5 nitrogen and oxygen atoms in total. The van der Waals surface area contributed by atoms with E-state index in [4.69, 9.17) is 11.6 Å². The van der Waals surface area contributed by atoms with E-state index in [1.54, 1.807) is 24.3 Å². The first-order valence-electron chi connectivity index (χ1n) is 9.16. The van der Waals surface area contributed by atoms with Gasteiger partial charge in [0.15, 0.2) is 0 Å². The highest BCUT2D eigenvalue weighted by Gasteiger charge is 2.45. The maximum absolute atomic E-state index is 12.8. The second kappa shape index (κ2) is 8.07. The van der Waals surface area contributed by atoms with Crippen LogP contribution in [0.2, 0.25) is 5.02 Å². The summed E-state index contributed by atoms with van der Waals surface area (Å²) in [7, 11) is 3.89. The van der Waals surface area contributed by atoms with E-state index >= 15 is 0 Å². The second-order valence-electron chi connectivity index (χ2n) is 6.99. The van der Waals surface area contributed by atoms with Crippen LogP contribution in [0.25, 0.3) is 5.76 Å². The third-order valence-electron chi connectivity index (χ3n) is 4.85. The van der Waals surface area contributed by atoms with Crippen LogP contribution in [0.5, 0.6) is 0 Å². The Bertz CT molecular complexity index is 918. The van der Waals surface area contributed by atoms with Crippen molar-refractivity contribution in [1.29, 1.82) is 0 Å². The average Bonchev–Trinajstić information content (AvgIpc) is 2.93. The predicted octanol–water partition coefficient (Wildman–Crippen LogP) is 4.24. The fourth-order valence-electron chi connectivity index (χ4n) is 3.42. The summed E-state index contributed by atoms with van der Waals surface area (Å²) in [5.41, 5.74) is 2.36. The molecule has 2 aromatic rings. The number of hydrogen-bond acceptors (Lipinski definition) is 4. The van der Waals surface area contributed by atoms with Gasteiger partial charge in [0.25, 0.3) is 11.7 Å². The van der Waals surface area contributed by atoms with Gasteiger partial charge in [-0.05, 0) is 48.4 Å². The number of aliphatic hydroxyl groups excluding tert-OH is 1. The number of anilines is 1. The molecule has 146 valence electrons. The number of aliphatic hydroxyl groups is 1. The Morgan fingerprint density at radius 1 is 1.07 bits per heavy atom. The van der Waals surface area contributed by atoms with Crippen molar-refractivity contribution in [2.45, 2.75) is 19.4 Å². The maximum Gasteiger partial charge on any atom is 0.295 e. The van der Waals surface area contributed by atoms with Crippen molar-refractivity contribution >= 4 is 34.7 Å². The van der Waals surface area contributed by atoms with Gasteiger partial charge in [-0.3, -0.25) is 9.59 Å². The van der Waals surface area contributed by atoms with E-state index in [0.29, 0.717) is 23.6 Å². The molecule has 1 aliphatic rings. The van der Waals surface area contributed by atoms with Crippen LogP contribution in [0.1, 0.15) is 30.5 Å². The molecule has 0 bridgehead atoms. The molecule has 6 heteroatoms. The van der Waals surface area contributed by atoms with E-state index in [1.807, 2.05) is 50.2 Å². The van der Waals surface area contributed by atoms with Gasteiger partial charge in [-0.15, -0.1) is 0 Å². The molecule has 0 aromatic heterocycles. The van der Waals surface area contributed by atoms with Crippen LogP contribution in [0.15, 0.2) is 54.1 Å². The maximum atomic E-state index is 12.8. The Hall–Kier alpha value is -2.79. The van der Waals surface area contributed by atoms with Crippen LogP contribution in [-0.4, -0.2) is 42.3 Å². The van der Waals surface area contributed by atoms with Crippen LogP contribution in [0, 0.1) is 0 Å². The first-order chi connectivity index (χ1) is 13.3. The van der Waals surface area contributed by atoms with Gasteiger partial charge in [0, 0.05) is 36.9 Å². The van der Waals surface area contributed by atoms with Crippen LogP contribution >= 0.6 is 11.6 Å². The van der Waals surface area contributed by atoms with Crippen molar-refractivity contribution in [1.82, 2.24) is 4.90 Å². The lowest BCUT2D eigenvalue weighted by atomic mass is 9.95. The number of carbonyl (C=O) groups is 2. The van der Waals surface area contributed by atoms with Crippen molar-refractivity contribution in [2.75, 3.05) is 25.5 Å². The van der Waals surface area contributed by atoms with Crippen LogP contribution in [0.4, 0.5) is 5.69 Å². The number of nitrogens with zero attached hydrogens (tertiary/aromatic N) is 2. The summed E-state index contributed by atoms with van der Waals surface area (Å²) in [6.45, 7) is 2.38. The van der Waals surface area contributed by atoms with Crippen molar-refractivity contribution in [2.24, 2.45) is 0 Å². The molecule has 1 heterocycles. The van der Waals surface area contributed by atoms with Crippen molar-refractivity contribution in [3.8, 4) is 0 Å². The summed E-state index contributed by atoms with van der Waals surface area (Å²) in [6.07, 6.45) is 0.709. The number of ketones is 1. The highest BCUT2D eigenvalue weighted by atomic mass is 35.5. The first-order valence-corrected chi connectivity index (χ1v) is 9.54. The normalized spacial score (nSPS) is 18.6. The lowest BCUT2D eigenvalue weighted by Gasteiger charge is -2.25. The van der Waals surface area contributed by atoms with E-state index < -0.39 is 17.7 Å². The molecule has 1 atom stereocenters. The molecule has 0 aliphatic carbocycles. The Kier molecular flexibility index (Phi) is 5.75. The van der Waals surface area contributed by atoms with Gasteiger partial charge in [0.05, 0.1) is 11.6 Å². The van der Waals surface area contributed by atoms with E-state index in [1.165, 1.54) is 4.90 Å². The number of benzene rings is 2. The molecule has 3 rings (SSSR count). The van der Waals surface area contributed by atoms with Gasteiger partial charge in [-0.1, -0.05) is 30.7 Å². The third kappa shape index (κ3) is 3.62. The molecule has 1 amide bonds. The molecule has 0 radical (unpaired) electrons. The fourth-order valence-corrected chi connectivity index (χ4v) is 3.54. The lowest BCUT2D eigenvalue weighted by molar-refractivity contribution is -0.139. The summed E-state index contributed by atoms with van der Waals surface area (Å²) < 4.78 is 0. The highest BCUT2D eigenvalue weighted by Crippen LogP contribution is 2.39. The Labute approximate surface area is 169 Å². The summed E-state index contributed by atoms with van der Waals surface area (Å²) in [5.74, 6) is -1.43. The standard InChI is InChI=1S/C22H23ClN2O3/c1-4-13-25-19(14-7-11-17(12-8-14)24(2)3)18(21(27)22(25)28)20(26)15-5-9-16(23)10-6-15/h5-12,19,26H,4,13H2,1-3H3/b20-18-. The molecule has 0 spiro atoms. The van der Waals surface area contributed by atoms with Gasteiger partial charge in [-0.25, -0.2) is 0 Å². The monoisotopic (exact) mass is 398 g/mol. The molecule has 28 heavy (non-hydrogen) atoms. The van der Waals surface area contributed by atoms with Gasteiger partial charge >= 0.3 is 0 Å². The average molecular weight is 399 g/mol. The number of carbonyl (C=O) groups excluding carboxylic acids is 2. The van der Waals surface area contributed by atoms with Crippen LogP contribution < -0.4 is 4.90 Å². The molecule has 0 saturated carbocycles. The van der Waals surface area contributed by atoms with Crippen molar-refractivity contribution in [3.63, 3.8) is 0 Å². The Balaban J connectivity index is 2.14. The third-order valence-corrected chi connectivity index (χ3v) is 5.10. The zero-order chi connectivity index (χ0) is 20.4. The van der Waals surface area contributed by atoms with Gasteiger partial charge in [-0.2, -0.15) is 0 Å². The fraction of sp³-hybridized carbons (Fsp3) is 0.273. The van der Waals surface area contributed by atoms with Gasteiger partial charge in [0.2, 0.25) is 0 Å². The topological polar surface area (TPSA) is 60.9 Å². The SMILES string of the molecule is CCCN1C(=O)C(=O)/C(=C(\O)c2ccc(Cl)cc2)C1c1ccc(N(C)C)cc1. The Morgan fingerprint density at radius 3 is 2.21 bits per heavy atom. The van der Waals surface area contributed by atoms with E-state index in [9.17, 15) is 14.7 Å². The molecule has 1 unspecified atom stereocenters. The van der Waals surface area contributed by atoms with Crippen LogP contribution in [-0.2, 0) is 9.59 Å². The largest absolute Gasteiger partial charge is 0.507 e. The number of halogens is 1. The van der Waals surface area contributed by atoms with Crippen molar-refractivity contribution < 1.29 is 14.7 Å². The molecule has 1 aliphatic heterocycles. The lowest BCUT2D eigenvalue weighted by Crippen LogP contribution is -2.30. The molecular formula is C22H23ClN2O3. The first kappa shape index (κ1) is 20.0. The molecule has 2 aromatic carbocycles. The molecular weight excluding hydrogens is 376 g/mol. The zero-order valence-electron chi connectivity index (χ0n) is 16.1. The molecule has 1 N–H and O–H groups in total. The number of hydrogen-bond donors (Lipinski definition) is 1. The summed E-state index contributed by atoms with van der Waals surface area (Å²) in [5, 5.41) is 11.4. The van der Waals surface area contributed by atoms with Gasteiger partial charge in [0.1, 0.15) is 5.76 Å². The molecule has 1 saturated heterocycles. The van der Waals surface area contributed by atoms with E-state index in [0.717, 1.165) is 11.3 Å². The minimum atomic E-state index is -0.664. The minimum absolute atomic E-state index is 0.110. The number of likely N-dealkylation sites (tertiary alicyclic amines) is 1. The quantitative estimate of drug-likeness (QED) is 0.465. The number of rotatable bonds is 5. The van der Waals surface area contributed by atoms with Gasteiger partial charge < -0.3 is 14.9 Å². The molecule has 1 fully saturated rings. The Morgan fingerprint density at radius 2 is 1.68 bits per heavy atom. The number of amides is 1. The predicted molar refractivity (Wildman–Crippen MR) is 112 cm³/mol. The minimum Gasteiger partial charge on any atom is -0.507 e.